The normalized spacial score (nSPS) is 12.8. The minimum Gasteiger partial charge on any atom is -0.368 e. The molecule has 1 heterocycles. The molecule has 6 heteroatoms. The summed E-state index contributed by atoms with van der Waals surface area (Å²) in [5.74, 6) is -0.516. The molecule has 0 saturated carbocycles. The molecule has 1 atom stereocenters. The van der Waals surface area contributed by atoms with Crippen LogP contribution in [0.25, 0.3) is 0 Å². The number of hydrogen-bond acceptors (Lipinski definition) is 5. The van der Waals surface area contributed by atoms with Gasteiger partial charge in [0.2, 0.25) is 5.91 Å². The number of rotatable bonds is 3. The molecule has 1 rings (SSSR count). The summed E-state index contributed by atoms with van der Waals surface area (Å²) in [6, 6.07) is -0.654. The molecule has 1 amide bonds. The van der Waals surface area contributed by atoms with Crippen molar-refractivity contribution in [1.82, 2.24) is 9.59 Å². The molecule has 0 aromatic carbocycles. The molecule has 0 aliphatic heterocycles. The van der Waals surface area contributed by atoms with E-state index < -0.39 is 11.9 Å². The Kier molecular flexibility index (Phi) is 2.50. The topological polar surface area (TPSA) is 94.9 Å². The zero-order chi connectivity index (χ0) is 8.27. The van der Waals surface area contributed by atoms with Gasteiger partial charge in [-0.25, -0.2) is 0 Å². The summed E-state index contributed by atoms with van der Waals surface area (Å²) < 4.78 is 3.62. The van der Waals surface area contributed by atoms with Crippen LogP contribution in [0.4, 0.5) is 0 Å². The van der Waals surface area contributed by atoms with Crippen molar-refractivity contribution < 1.29 is 4.79 Å². The number of amides is 1. The van der Waals surface area contributed by atoms with Crippen LogP contribution in [0, 0.1) is 0 Å². The molecule has 1 aromatic rings. The van der Waals surface area contributed by atoms with Gasteiger partial charge in [-0.1, -0.05) is 4.49 Å². The van der Waals surface area contributed by atoms with Crippen LogP contribution in [0.5, 0.6) is 0 Å². The van der Waals surface area contributed by atoms with E-state index in [2.05, 4.69) is 9.59 Å². The zero-order valence-electron chi connectivity index (χ0n) is 5.73. The SMILES string of the molecule is NC(=O)C(N)Cc1csnn1. The Labute approximate surface area is 67.6 Å². The second-order valence-corrected chi connectivity index (χ2v) is 2.72. The third-order valence-corrected chi connectivity index (χ3v) is 1.75. The second-order valence-electron chi connectivity index (χ2n) is 2.11. The Morgan fingerprint density at radius 2 is 2.55 bits per heavy atom. The maximum absolute atomic E-state index is 10.5. The lowest BCUT2D eigenvalue weighted by Gasteiger charge is -2.02. The van der Waals surface area contributed by atoms with E-state index >= 15 is 0 Å². The highest BCUT2D eigenvalue weighted by Gasteiger charge is 2.10. The highest BCUT2D eigenvalue weighted by molar-refractivity contribution is 7.03. The third-order valence-electron chi connectivity index (χ3n) is 1.20. The minimum atomic E-state index is -0.654. The molecule has 0 aliphatic rings. The third kappa shape index (κ3) is 2.24. The minimum absolute atomic E-state index is 0.367. The molecular formula is C5H8N4OS. The molecule has 0 bridgehead atoms. The van der Waals surface area contributed by atoms with Gasteiger partial charge in [0.25, 0.3) is 0 Å². The first-order valence-corrected chi connectivity index (χ1v) is 3.84. The van der Waals surface area contributed by atoms with Crippen molar-refractivity contribution in [3.8, 4) is 0 Å². The first-order chi connectivity index (χ1) is 5.20. The number of aromatic nitrogens is 2. The van der Waals surface area contributed by atoms with Crippen molar-refractivity contribution in [1.29, 1.82) is 0 Å². The first-order valence-electron chi connectivity index (χ1n) is 3.01. The number of hydrogen-bond donors (Lipinski definition) is 2. The number of primary amides is 1. The first kappa shape index (κ1) is 8.09. The Balaban J connectivity index is 2.50. The van der Waals surface area contributed by atoms with E-state index in [0.29, 0.717) is 12.1 Å². The summed E-state index contributed by atoms with van der Waals surface area (Å²) in [4.78, 5) is 10.5. The number of carbonyl (C=O) groups is 1. The predicted molar refractivity (Wildman–Crippen MR) is 40.8 cm³/mol. The van der Waals surface area contributed by atoms with Gasteiger partial charge < -0.3 is 11.5 Å². The van der Waals surface area contributed by atoms with Crippen molar-refractivity contribution in [2.24, 2.45) is 11.5 Å². The molecule has 0 radical (unpaired) electrons. The molecule has 4 N–H and O–H groups in total. The summed E-state index contributed by atoms with van der Waals surface area (Å²) in [7, 11) is 0. The van der Waals surface area contributed by atoms with Gasteiger partial charge in [-0.05, 0) is 11.5 Å². The number of nitrogens with zero attached hydrogens (tertiary/aromatic N) is 2. The van der Waals surface area contributed by atoms with E-state index in [9.17, 15) is 4.79 Å². The lowest BCUT2D eigenvalue weighted by atomic mass is 10.2. The van der Waals surface area contributed by atoms with E-state index in [0.717, 1.165) is 0 Å². The van der Waals surface area contributed by atoms with Crippen molar-refractivity contribution in [3.63, 3.8) is 0 Å². The maximum Gasteiger partial charge on any atom is 0.234 e. The highest BCUT2D eigenvalue weighted by atomic mass is 32.1. The standard InChI is InChI=1S/C5H8N4OS/c6-4(5(7)10)1-3-2-11-9-8-3/h2,4H,1,6H2,(H2,7,10). The Morgan fingerprint density at radius 3 is 3.00 bits per heavy atom. The molecule has 60 valence electrons. The molecule has 0 spiro atoms. The van der Waals surface area contributed by atoms with Crippen molar-refractivity contribution in [3.05, 3.63) is 11.1 Å². The summed E-state index contributed by atoms with van der Waals surface area (Å²) in [5, 5.41) is 5.46. The summed E-state index contributed by atoms with van der Waals surface area (Å²) in [6.07, 6.45) is 0.367. The lowest BCUT2D eigenvalue weighted by molar-refractivity contribution is -0.119. The molecule has 0 saturated heterocycles. The van der Waals surface area contributed by atoms with E-state index in [4.69, 9.17) is 11.5 Å². The molecule has 11 heavy (non-hydrogen) atoms. The van der Waals surface area contributed by atoms with Gasteiger partial charge in [0.1, 0.15) is 0 Å². The predicted octanol–water partition coefficient (Wildman–Crippen LogP) is -1.11. The van der Waals surface area contributed by atoms with Crippen LogP contribution < -0.4 is 11.5 Å². The van der Waals surface area contributed by atoms with Crippen LogP contribution in [0.1, 0.15) is 5.69 Å². The molecule has 0 fully saturated rings. The Hall–Kier alpha value is -1.01. The lowest BCUT2D eigenvalue weighted by Crippen LogP contribution is -2.38. The van der Waals surface area contributed by atoms with Crippen LogP contribution in [-0.4, -0.2) is 21.5 Å². The number of carbonyl (C=O) groups excluding carboxylic acids is 1. The quantitative estimate of drug-likeness (QED) is 0.604. The van der Waals surface area contributed by atoms with Crippen LogP contribution in [-0.2, 0) is 11.2 Å². The van der Waals surface area contributed by atoms with Gasteiger partial charge in [0, 0.05) is 11.8 Å². The average Bonchev–Trinajstić information content (AvgIpc) is 2.39. The molecule has 1 aromatic heterocycles. The van der Waals surface area contributed by atoms with Gasteiger partial charge in [0.15, 0.2) is 0 Å². The monoisotopic (exact) mass is 172 g/mol. The second kappa shape index (κ2) is 3.40. The fourth-order valence-electron chi connectivity index (χ4n) is 0.599. The molecule has 5 nitrogen and oxygen atoms in total. The van der Waals surface area contributed by atoms with Crippen molar-refractivity contribution in [2.45, 2.75) is 12.5 Å². The van der Waals surface area contributed by atoms with Crippen LogP contribution in [0.2, 0.25) is 0 Å². The summed E-state index contributed by atoms with van der Waals surface area (Å²) >= 11 is 1.22. The van der Waals surface area contributed by atoms with Crippen LogP contribution in [0.15, 0.2) is 5.38 Å². The van der Waals surface area contributed by atoms with Gasteiger partial charge in [0.05, 0.1) is 11.7 Å². The van der Waals surface area contributed by atoms with E-state index in [1.54, 1.807) is 5.38 Å². The molecular weight excluding hydrogens is 164 g/mol. The van der Waals surface area contributed by atoms with Gasteiger partial charge in [-0.15, -0.1) is 5.10 Å². The number of nitrogens with two attached hydrogens (primary N) is 2. The average molecular weight is 172 g/mol. The van der Waals surface area contributed by atoms with E-state index in [1.807, 2.05) is 0 Å². The largest absolute Gasteiger partial charge is 0.368 e. The molecule has 0 aliphatic carbocycles. The van der Waals surface area contributed by atoms with Crippen molar-refractivity contribution >= 4 is 17.4 Å². The zero-order valence-corrected chi connectivity index (χ0v) is 6.54. The smallest absolute Gasteiger partial charge is 0.234 e. The Morgan fingerprint density at radius 1 is 1.82 bits per heavy atom. The maximum atomic E-state index is 10.5. The fourth-order valence-corrected chi connectivity index (χ4v) is 1.06. The van der Waals surface area contributed by atoms with Gasteiger partial charge in [-0.3, -0.25) is 4.79 Å². The fraction of sp³-hybridized carbons (Fsp3) is 0.400. The van der Waals surface area contributed by atoms with Crippen LogP contribution >= 0.6 is 11.5 Å². The Bertz CT molecular complexity index is 235. The highest BCUT2D eigenvalue weighted by Crippen LogP contribution is 1.99. The van der Waals surface area contributed by atoms with Gasteiger partial charge >= 0.3 is 0 Å². The summed E-state index contributed by atoms with van der Waals surface area (Å²) in [6.45, 7) is 0. The van der Waals surface area contributed by atoms with Crippen LogP contribution in [0.3, 0.4) is 0 Å². The van der Waals surface area contributed by atoms with E-state index in [1.165, 1.54) is 11.5 Å². The van der Waals surface area contributed by atoms with E-state index in [-0.39, 0.29) is 0 Å². The van der Waals surface area contributed by atoms with Gasteiger partial charge in [-0.2, -0.15) is 0 Å². The molecule has 1 unspecified atom stereocenters. The van der Waals surface area contributed by atoms with Crippen molar-refractivity contribution in [2.75, 3.05) is 0 Å². The summed E-state index contributed by atoms with van der Waals surface area (Å²) in [5.41, 5.74) is 11.0.